The molecular formula is C8H16N4O3S. The van der Waals surface area contributed by atoms with Gasteiger partial charge in [0.25, 0.3) is 0 Å². The summed E-state index contributed by atoms with van der Waals surface area (Å²) in [6.45, 7) is 3.04. The maximum atomic E-state index is 11.9. The van der Waals surface area contributed by atoms with Gasteiger partial charge in [0, 0.05) is 20.2 Å². The Balaban J connectivity index is 2.75. The van der Waals surface area contributed by atoms with Crippen LogP contribution >= 0.6 is 0 Å². The third-order valence-corrected chi connectivity index (χ3v) is 3.96. The number of anilines is 1. The molecular weight excluding hydrogens is 232 g/mol. The summed E-state index contributed by atoms with van der Waals surface area (Å²) in [6, 6.07) is 0. The van der Waals surface area contributed by atoms with E-state index in [1.165, 1.54) is 17.5 Å². The lowest BCUT2D eigenvalue weighted by Crippen LogP contribution is -2.30. The lowest BCUT2D eigenvalue weighted by atomic mass is 10.7. The van der Waals surface area contributed by atoms with E-state index < -0.39 is 10.0 Å². The molecule has 0 unspecified atom stereocenters. The first kappa shape index (κ1) is 12.9. The molecule has 0 saturated carbocycles. The van der Waals surface area contributed by atoms with Gasteiger partial charge in [0.1, 0.15) is 10.7 Å². The van der Waals surface area contributed by atoms with Gasteiger partial charge in [-0.05, 0) is 6.92 Å². The van der Waals surface area contributed by atoms with Crippen LogP contribution in [-0.4, -0.2) is 49.7 Å². The van der Waals surface area contributed by atoms with Crippen LogP contribution in [0, 0.1) is 0 Å². The first-order chi connectivity index (χ1) is 7.50. The summed E-state index contributed by atoms with van der Waals surface area (Å²) in [5.41, 5.74) is 5.46. The van der Waals surface area contributed by atoms with Crippen molar-refractivity contribution in [3.05, 3.63) is 6.20 Å². The van der Waals surface area contributed by atoms with Crippen LogP contribution in [0.2, 0.25) is 0 Å². The summed E-state index contributed by atoms with van der Waals surface area (Å²) in [5, 5.41) is 5.97. The lowest BCUT2D eigenvalue weighted by molar-refractivity contribution is 0.138. The predicted molar refractivity (Wildman–Crippen MR) is 59.3 cm³/mol. The van der Waals surface area contributed by atoms with Gasteiger partial charge >= 0.3 is 0 Å². The molecule has 0 spiro atoms. The number of rotatable bonds is 6. The van der Waals surface area contributed by atoms with E-state index in [1.54, 1.807) is 0 Å². The maximum Gasteiger partial charge on any atom is 0.248 e. The molecule has 92 valence electrons. The molecule has 1 heterocycles. The normalized spacial score (nSPS) is 12.2. The van der Waals surface area contributed by atoms with E-state index in [-0.39, 0.29) is 17.3 Å². The molecule has 0 radical (unpaired) electrons. The number of hydrogen-bond donors (Lipinski definition) is 2. The SMILES string of the molecule is CCOCCN(C)S(=O)(=O)c1cn[nH]c1N. The molecule has 0 fully saturated rings. The Bertz CT molecular complexity index is 428. The van der Waals surface area contributed by atoms with Gasteiger partial charge < -0.3 is 10.5 Å². The van der Waals surface area contributed by atoms with Gasteiger partial charge in [0.2, 0.25) is 10.0 Å². The van der Waals surface area contributed by atoms with Crippen molar-refractivity contribution in [2.45, 2.75) is 11.8 Å². The van der Waals surface area contributed by atoms with Crippen molar-refractivity contribution in [3.63, 3.8) is 0 Å². The fourth-order valence-electron chi connectivity index (χ4n) is 1.12. The van der Waals surface area contributed by atoms with Gasteiger partial charge in [0.15, 0.2) is 0 Å². The fourth-order valence-corrected chi connectivity index (χ4v) is 2.28. The van der Waals surface area contributed by atoms with Crippen molar-refractivity contribution < 1.29 is 13.2 Å². The predicted octanol–water partition coefficient (Wildman–Crippen LogP) is -0.351. The smallest absolute Gasteiger partial charge is 0.248 e. The molecule has 1 aromatic heterocycles. The average Bonchev–Trinajstić information content (AvgIpc) is 2.65. The number of nitrogens with two attached hydrogens (primary N) is 1. The van der Waals surface area contributed by atoms with Crippen molar-refractivity contribution in [1.29, 1.82) is 0 Å². The second-order valence-corrected chi connectivity index (χ2v) is 5.18. The number of H-pyrrole nitrogens is 1. The number of ether oxygens (including phenoxy) is 1. The lowest BCUT2D eigenvalue weighted by Gasteiger charge is -2.15. The van der Waals surface area contributed by atoms with Gasteiger partial charge in [-0.2, -0.15) is 9.40 Å². The minimum Gasteiger partial charge on any atom is -0.383 e. The number of aromatic nitrogens is 2. The largest absolute Gasteiger partial charge is 0.383 e. The molecule has 0 saturated heterocycles. The molecule has 0 amide bonds. The monoisotopic (exact) mass is 248 g/mol. The number of nitrogens with zero attached hydrogens (tertiary/aromatic N) is 2. The highest BCUT2D eigenvalue weighted by Gasteiger charge is 2.24. The van der Waals surface area contributed by atoms with Crippen molar-refractivity contribution in [2.24, 2.45) is 0 Å². The van der Waals surface area contributed by atoms with Gasteiger partial charge in [-0.3, -0.25) is 5.10 Å². The highest BCUT2D eigenvalue weighted by molar-refractivity contribution is 7.89. The van der Waals surface area contributed by atoms with E-state index in [1.807, 2.05) is 6.92 Å². The van der Waals surface area contributed by atoms with Gasteiger partial charge in [-0.25, -0.2) is 8.42 Å². The standard InChI is InChI=1S/C8H16N4O3S/c1-3-15-5-4-12(2)16(13,14)7-6-10-11-8(7)9/h6H,3-5H2,1-2H3,(H3,9,10,11). The first-order valence-corrected chi connectivity index (χ1v) is 6.27. The Morgan fingerprint density at radius 2 is 2.31 bits per heavy atom. The Kier molecular flexibility index (Phi) is 4.27. The molecule has 1 aromatic rings. The summed E-state index contributed by atoms with van der Waals surface area (Å²) in [4.78, 5) is -0.00787. The molecule has 0 aromatic carbocycles. The molecule has 16 heavy (non-hydrogen) atoms. The van der Waals surface area contributed by atoms with Crippen molar-refractivity contribution in [3.8, 4) is 0 Å². The molecule has 0 aliphatic heterocycles. The number of nitrogen functional groups attached to an aromatic ring is 1. The van der Waals surface area contributed by atoms with E-state index in [4.69, 9.17) is 10.5 Å². The highest BCUT2D eigenvalue weighted by atomic mass is 32.2. The van der Waals surface area contributed by atoms with Crippen LogP contribution in [0.15, 0.2) is 11.1 Å². The second kappa shape index (κ2) is 5.28. The topological polar surface area (TPSA) is 101 Å². The second-order valence-electron chi connectivity index (χ2n) is 3.17. The molecule has 7 nitrogen and oxygen atoms in total. The third kappa shape index (κ3) is 2.71. The molecule has 0 aliphatic carbocycles. The van der Waals surface area contributed by atoms with Crippen LogP contribution in [0.4, 0.5) is 5.82 Å². The van der Waals surface area contributed by atoms with Crippen molar-refractivity contribution in [1.82, 2.24) is 14.5 Å². The Morgan fingerprint density at radius 3 is 2.81 bits per heavy atom. The van der Waals surface area contributed by atoms with E-state index in [2.05, 4.69) is 10.2 Å². The molecule has 0 bridgehead atoms. The summed E-state index contributed by atoms with van der Waals surface area (Å²) < 4.78 is 30.1. The van der Waals surface area contributed by atoms with E-state index in [0.29, 0.717) is 13.2 Å². The fraction of sp³-hybridized carbons (Fsp3) is 0.625. The number of likely N-dealkylation sites (N-methyl/N-ethyl adjacent to an activating group) is 1. The summed E-state index contributed by atoms with van der Waals surface area (Å²) >= 11 is 0. The van der Waals surface area contributed by atoms with E-state index in [0.717, 1.165) is 0 Å². The quantitative estimate of drug-likeness (QED) is 0.670. The van der Waals surface area contributed by atoms with Crippen molar-refractivity contribution in [2.75, 3.05) is 32.5 Å². The van der Waals surface area contributed by atoms with E-state index >= 15 is 0 Å². The van der Waals surface area contributed by atoms with Crippen molar-refractivity contribution >= 4 is 15.8 Å². The zero-order chi connectivity index (χ0) is 12.2. The summed E-state index contributed by atoms with van der Waals surface area (Å²) in [5.74, 6) is 0.0447. The molecule has 8 heteroatoms. The number of sulfonamides is 1. The van der Waals surface area contributed by atoms with Crippen LogP contribution in [0.3, 0.4) is 0 Å². The third-order valence-electron chi connectivity index (χ3n) is 2.08. The van der Waals surface area contributed by atoms with Crippen LogP contribution in [-0.2, 0) is 14.8 Å². The van der Waals surface area contributed by atoms with E-state index in [9.17, 15) is 8.42 Å². The minimum absolute atomic E-state index is 0.00787. The first-order valence-electron chi connectivity index (χ1n) is 4.83. The summed E-state index contributed by atoms with van der Waals surface area (Å²) in [6.07, 6.45) is 1.20. The van der Waals surface area contributed by atoms with Gasteiger partial charge in [0.05, 0.1) is 12.8 Å². The average molecular weight is 248 g/mol. The zero-order valence-corrected chi connectivity index (χ0v) is 10.1. The molecule has 1 rings (SSSR count). The maximum absolute atomic E-state index is 11.9. The van der Waals surface area contributed by atoms with Crippen LogP contribution in [0.1, 0.15) is 6.92 Å². The minimum atomic E-state index is -3.57. The Labute approximate surface area is 94.6 Å². The van der Waals surface area contributed by atoms with Crippen LogP contribution in [0.25, 0.3) is 0 Å². The number of hydrogen-bond acceptors (Lipinski definition) is 5. The molecule has 0 atom stereocenters. The Morgan fingerprint density at radius 1 is 1.62 bits per heavy atom. The van der Waals surface area contributed by atoms with Gasteiger partial charge in [-0.15, -0.1) is 0 Å². The van der Waals surface area contributed by atoms with Gasteiger partial charge in [-0.1, -0.05) is 0 Å². The van der Waals surface area contributed by atoms with Crippen LogP contribution < -0.4 is 5.73 Å². The van der Waals surface area contributed by atoms with Crippen LogP contribution in [0.5, 0.6) is 0 Å². The molecule has 3 N–H and O–H groups in total. The Hall–Kier alpha value is -1.12. The number of nitrogens with one attached hydrogen (secondary N) is 1. The zero-order valence-electron chi connectivity index (χ0n) is 9.30. The summed E-state index contributed by atoms with van der Waals surface area (Å²) in [7, 11) is -2.10. The highest BCUT2D eigenvalue weighted by Crippen LogP contribution is 2.17. The molecule has 0 aliphatic rings. The number of aromatic amines is 1.